The predicted octanol–water partition coefficient (Wildman–Crippen LogP) is 3.89. The average Bonchev–Trinajstić information content (AvgIpc) is 3.14. The van der Waals surface area contributed by atoms with Gasteiger partial charge in [0.1, 0.15) is 11.2 Å². The van der Waals surface area contributed by atoms with E-state index in [4.69, 9.17) is 23.2 Å². The minimum absolute atomic E-state index is 0.0821. The Bertz CT molecular complexity index is 1210. The quantitative estimate of drug-likeness (QED) is 0.509. The second kappa shape index (κ2) is 7.65. The van der Waals surface area contributed by atoms with E-state index in [-0.39, 0.29) is 28.4 Å². The highest BCUT2D eigenvalue weighted by Gasteiger charge is 2.69. The van der Waals surface area contributed by atoms with Crippen molar-refractivity contribution in [2.24, 2.45) is 0 Å². The number of rotatable bonds is 3. The maximum Gasteiger partial charge on any atom is 0.238 e. The Labute approximate surface area is 207 Å². The summed E-state index contributed by atoms with van der Waals surface area (Å²) < 4.78 is 15.5. The van der Waals surface area contributed by atoms with Crippen molar-refractivity contribution < 1.29 is 19.1 Å². The lowest BCUT2D eigenvalue weighted by molar-refractivity contribution is -0.127. The summed E-state index contributed by atoms with van der Waals surface area (Å²) in [7, 11) is 0. The Morgan fingerprint density at radius 2 is 1.88 bits per heavy atom. The molecule has 0 bridgehead atoms. The molecule has 9 heteroatoms. The van der Waals surface area contributed by atoms with Gasteiger partial charge in [-0.3, -0.25) is 14.9 Å². The minimum atomic E-state index is -1.31. The van der Waals surface area contributed by atoms with Gasteiger partial charge in [0, 0.05) is 28.2 Å². The van der Waals surface area contributed by atoms with Gasteiger partial charge >= 0.3 is 0 Å². The van der Waals surface area contributed by atoms with Gasteiger partial charge in [0.2, 0.25) is 11.8 Å². The molecule has 4 N–H and O–H groups in total. The monoisotopic (exact) mass is 505 g/mol. The van der Waals surface area contributed by atoms with E-state index < -0.39 is 34.3 Å². The van der Waals surface area contributed by atoms with Crippen LogP contribution in [0, 0.1) is 5.82 Å². The molecule has 1 saturated carbocycles. The zero-order valence-electron chi connectivity index (χ0n) is 19.0. The van der Waals surface area contributed by atoms with Crippen LogP contribution in [-0.2, 0) is 15.0 Å². The molecule has 2 fully saturated rings. The van der Waals surface area contributed by atoms with Gasteiger partial charge in [-0.1, -0.05) is 41.4 Å². The summed E-state index contributed by atoms with van der Waals surface area (Å²) in [4.78, 5) is 27.4. The third-order valence-electron chi connectivity index (χ3n) is 7.63. The smallest absolute Gasteiger partial charge is 0.238 e. The highest BCUT2D eigenvalue weighted by molar-refractivity contribution is 6.31. The van der Waals surface area contributed by atoms with Crippen molar-refractivity contribution in [3.05, 3.63) is 63.4 Å². The molecule has 3 aliphatic rings. The van der Waals surface area contributed by atoms with Crippen molar-refractivity contribution in [3.8, 4) is 0 Å². The molecule has 6 nitrogen and oxygen atoms in total. The highest BCUT2D eigenvalue weighted by atomic mass is 35.5. The molecular weight excluding hydrogens is 480 g/mol. The van der Waals surface area contributed by atoms with Crippen molar-refractivity contribution in [2.45, 2.75) is 68.2 Å². The first-order chi connectivity index (χ1) is 15.9. The number of hydrogen-bond acceptors (Lipinski definition) is 4. The molecule has 2 aliphatic heterocycles. The normalized spacial score (nSPS) is 33.4. The van der Waals surface area contributed by atoms with Gasteiger partial charge in [-0.25, -0.2) is 4.39 Å². The van der Waals surface area contributed by atoms with Crippen molar-refractivity contribution in [1.29, 1.82) is 0 Å². The molecule has 1 aliphatic carbocycles. The third-order valence-corrected chi connectivity index (χ3v) is 8.16. The van der Waals surface area contributed by atoms with Crippen LogP contribution in [0.2, 0.25) is 10.0 Å². The van der Waals surface area contributed by atoms with Crippen LogP contribution in [-0.4, -0.2) is 40.1 Å². The predicted molar refractivity (Wildman–Crippen MR) is 129 cm³/mol. The molecule has 180 valence electrons. The summed E-state index contributed by atoms with van der Waals surface area (Å²) in [5.74, 6) is -2.25. The van der Waals surface area contributed by atoms with E-state index in [1.807, 2.05) is 13.8 Å². The summed E-state index contributed by atoms with van der Waals surface area (Å²) in [6, 6.07) is 8.62. The Balaban J connectivity index is 1.67. The van der Waals surface area contributed by atoms with Crippen LogP contribution in [0.25, 0.3) is 0 Å². The lowest BCUT2D eigenvalue weighted by atomic mass is 9.60. The molecule has 2 aromatic rings. The van der Waals surface area contributed by atoms with Crippen LogP contribution in [0.3, 0.4) is 0 Å². The summed E-state index contributed by atoms with van der Waals surface area (Å²) in [6.07, 6.45) is 0.857. The van der Waals surface area contributed by atoms with Crippen molar-refractivity contribution >= 4 is 40.7 Å². The number of nitrogens with one attached hydrogen (secondary N) is 3. The van der Waals surface area contributed by atoms with E-state index in [0.717, 1.165) is 0 Å². The molecule has 0 radical (unpaired) electrons. The molecule has 3 atom stereocenters. The topological polar surface area (TPSA) is 90.5 Å². The van der Waals surface area contributed by atoms with E-state index in [0.29, 0.717) is 29.1 Å². The first kappa shape index (κ1) is 23.5. The van der Waals surface area contributed by atoms with Gasteiger partial charge in [-0.05, 0) is 62.9 Å². The number of amides is 2. The SMILES string of the molecule is CC1(O)CC(NC(=O)C2NC(C)(C)C3(C(=O)Nc4cc(Cl)ccc43)C2c2cccc(Cl)c2F)C1. The molecule has 3 unspecified atom stereocenters. The Morgan fingerprint density at radius 1 is 1.18 bits per heavy atom. The average molecular weight is 506 g/mol. The van der Waals surface area contributed by atoms with Gasteiger partial charge in [0.15, 0.2) is 0 Å². The maximum atomic E-state index is 15.5. The fourth-order valence-electron chi connectivity index (χ4n) is 6.25. The van der Waals surface area contributed by atoms with E-state index in [2.05, 4.69) is 16.0 Å². The highest BCUT2D eigenvalue weighted by Crippen LogP contribution is 2.59. The molecule has 2 amide bonds. The van der Waals surface area contributed by atoms with Crippen molar-refractivity contribution in [3.63, 3.8) is 0 Å². The number of hydrogen-bond donors (Lipinski definition) is 4. The minimum Gasteiger partial charge on any atom is -0.390 e. The standard InChI is InChI=1S/C25H26Cl2FN3O3/c1-23(2)25(15-8-7-12(26)9-17(15)30-22(25)33)18(14-5-4-6-16(27)19(14)28)20(31-23)21(32)29-13-10-24(3,34)11-13/h4-9,13,18,20,31,34H,10-11H2,1-3H3,(H,29,32)(H,30,33). The summed E-state index contributed by atoms with van der Waals surface area (Å²) >= 11 is 12.3. The number of fused-ring (bicyclic) bond motifs is 2. The first-order valence-corrected chi connectivity index (χ1v) is 12.0. The third kappa shape index (κ3) is 3.28. The van der Waals surface area contributed by atoms with Gasteiger partial charge in [0.25, 0.3) is 0 Å². The second-order valence-corrected chi connectivity index (χ2v) is 11.3. The summed E-state index contributed by atoms with van der Waals surface area (Å²) in [6.45, 7) is 5.40. The van der Waals surface area contributed by atoms with Crippen LogP contribution < -0.4 is 16.0 Å². The van der Waals surface area contributed by atoms with Gasteiger partial charge < -0.3 is 15.7 Å². The molecule has 34 heavy (non-hydrogen) atoms. The molecule has 2 aromatic carbocycles. The number of carbonyl (C=O) groups is 2. The van der Waals surface area contributed by atoms with Crippen LogP contribution in [0.1, 0.15) is 50.7 Å². The van der Waals surface area contributed by atoms with Crippen LogP contribution in [0.4, 0.5) is 10.1 Å². The van der Waals surface area contributed by atoms with E-state index in [1.165, 1.54) is 6.07 Å². The lowest BCUT2D eigenvalue weighted by Gasteiger charge is -2.42. The fraction of sp³-hybridized carbons (Fsp3) is 0.440. The van der Waals surface area contributed by atoms with E-state index in [1.54, 1.807) is 37.3 Å². The molecule has 1 spiro atoms. The largest absolute Gasteiger partial charge is 0.390 e. The van der Waals surface area contributed by atoms with Gasteiger partial charge in [-0.15, -0.1) is 0 Å². The second-order valence-electron chi connectivity index (χ2n) is 10.4. The molecule has 1 saturated heterocycles. The zero-order chi connectivity index (χ0) is 24.6. The number of benzene rings is 2. The lowest BCUT2D eigenvalue weighted by Crippen LogP contribution is -2.57. The fourth-order valence-corrected chi connectivity index (χ4v) is 6.60. The molecule has 0 aromatic heterocycles. The molecule has 5 rings (SSSR count). The van der Waals surface area contributed by atoms with Crippen LogP contribution in [0.15, 0.2) is 36.4 Å². The maximum absolute atomic E-state index is 15.5. The Hall–Kier alpha value is -2.19. The number of carbonyl (C=O) groups excluding carboxylic acids is 2. The molecule has 2 heterocycles. The van der Waals surface area contributed by atoms with Gasteiger partial charge in [-0.2, -0.15) is 0 Å². The summed E-state index contributed by atoms with van der Waals surface area (Å²) in [5.41, 5.74) is -1.71. The number of aliphatic hydroxyl groups is 1. The van der Waals surface area contributed by atoms with E-state index in [9.17, 15) is 14.7 Å². The van der Waals surface area contributed by atoms with E-state index >= 15 is 4.39 Å². The molecular formula is C25H26Cl2FN3O3. The van der Waals surface area contributed by atoms with Gasteiger partial charge in [0.05, 0.1) is 16.7 Å². The zero-order valence-corrected chi connectivity index (χ0v) is 20.5. The number of anilines is 1. The Kier molecular flexibility index (Phi) is 5.30. The van der Waals surface area contributed by atoms with Crippen LogP contribution >= 0.6 is 23.2 Å². The van der Waals surface area contributed by atoms with Crippen molar-refractivity contribution in [1.82, 2.24) is 10.6 Å². The number of halogens is 3. The Morgan fingerprint density at radius 3 is 2.56 bits per heavy atom. The first-order valence-electron chi connectivity index (χ1n) is 11.2. The summed E-state index contributed by atoms with van der Waals surface area (Å²) in [5, 5.41) is 19.7. The van der Waals surface area contributed by atoms with Crippen LogP contribution in [0.5, 0.6) is 0 Å². The van der Waals surface area contributed by atoms with Crippen molar-refractivity contribution in [2.75, 3.05) is 5.32 Å².